The molecule has 1 aromatic heterocycles. The van der Waals surface area contributed by atoms with Gasteiger partial charge in [0.25, 0.3) is 0 Å². The summed E-state index contributed by atoms with van der Waals surface area (Å²) >= 11 is 0. The van der Waals surface area contributed by atoms with Gasteiger partial charge in [0.1, 0.15) is 12.7 Å². The van der Waals surface area contributed by atoms with E-state index in [1.807, 2.05) is 34.9 Å². The Morgan fingerprint density at radius 2 is 2.06 bits per heavy atom. The van der Waals surface area contributed by atoms with E-state index in [2.05, 4.69) is 11.6 Å². The number of imidazole rings is 1. The molecule has 1 aromatic carbocycles. The summed E-state index contributed by atoms with van der Waals surface area (Å²) in [6, 6.07) is 10.00. The molecule has 80 valence electrons. The lowest BCUT2D eigenvalue weighted by Crippen LogP contribution is -2.39. The van der Waals surface area contributed by atoms with Crippen molar-refractivity contribution in [3.8, 4) is 0 Å². The largest absolute Gasteiger partial charge is 0.320 e. The predicted octanol–water partition coefficient (Wildman–Crippen LogP) is 1.81. The summed E-state index contributed by atoms with van der Waals surface area (Å²) in [4.78, 5) is 13.8. The molecule has 0 unspecified atom stereocenters. The van der Waals surface area contributed by atoms with Gasteiger partial charge in [0.05, 0.1) is 0 Å². The van der Waals surface area contributed by atoms with Gasteiger partial charge in [0.15, 0.2) is 5.69 Å². The van der Waals surface area contributed by atoms with Gasteiger partial charge in [-0.15, -0.1) is 0 Å². The second-order valence-electron chi connectivity index (χ2n) is 3.49. The fourth-order valence-electron chi connectivity index (χ4n) is 1.65. The molecule has 2 aromatic rings. The number of carbonyl (C=O) groups excluding carboxylic acids is 1. The molecule has 0 aliphatic carbocycles. The van der Waals surface area contributed by atoms with Crippen molar-refractivity contribution in [3.63, 3.8) is 0 Å². The van der Waals surface area contributed by atoms with E-state index in [9.17, 15) is 4.79 Å². The van der Waals surface area contributed by atoms with Crippen molar-refractivity contribution in [3.05, 3.63) is 60.2 Å². The Labute approximate surface area is 94.1 Å². The number of aromatic nitrogens is 2. The zero-order valence-corrected chi connectivity index (χ0v) is 8.89. The first-order chi connectivity index (χ1) is 7.85. The molecule has 0 aliphatic rings. The Morgan fingerprint density at radius 3 is 2.69 bits per heavy atom. The second-order valence-corrected chi connectivity index (χ2v) is 3.49. The van der Waals surface area contributed by atoms with Crippen LogP contribution in [0, 0.1) is 0 Å². The highest BCUT2D eigenvalue weighted by Gasteiger charge is 2.14. The van der Waals surface area contributed by atoms with E-state index < -0.39 is 0 Å². The third-order valence-corrected chi connectivity index (χ3v) is 2.47. The Morgan fingerprint density at radius 1 is 1.31 bits per heavy atom. The Balaban J connectivity index is 2.36. The summed E-state index contributed by atoms with van der Waals surface area (Å²) in [7, 11) is 0. The van der Waals surface area contributed by atoms with Crippen LogP contribution in [0.1, 0.15) is 21.9 Å². The summed E-state index contributed by atoms with van der Waals surface area (Å²) in [5, 5.41) is 0. The molecule has 3 heteroatoms. The molecule has 0 saturated carbocycles. The van der Waals surface area contributed by atoms with Crippen molar-refractivity contribution in [2.24, 2.45) is 0 Å². The first kappa shape index (κ1) is 10.4. The van der Waals surface area contributed by atoms with Crippen LogP contribution in [-0.2, 0) is 6.54 Å². The quantitative estimate of drug-likeness (QED) is 0.610. The number of H-pyrrole nitrogens is 1. The maximum absolute atomic E-state index is 10.9. The summed E-state index contributed by atoms with van der Waals surface area (Å²) in [6.07, 6.45) is 4.32. The highest BCUT2D eigenvalue weighted by Crippen LogP contribution is 2.01. The maximum atomic E-state index is 10.9. The summed E-state index contributed by atoms with van der Waals surface area (Å²) < 4.78 is 1.90. The first-order valence-electron chi connectivity index (χ1n) is 5.08. The number of nitrogens with one attached hydrogen (secondary N) is 1. The van der Waals surface area contributed by atoms with Gasteiger partial charge in [0, 0.05) is 0 Å². The van der Waals surface area contributed by atoms with Gasteiger partial charge >= 0.3 is 5.82 Å². The van der Waals surface area contributed by atoms with Crippen LogP contribution in [0.25, 0.3) is 6.08 Å². The van der Waals surface area contributed by atoms with Crippen LogP contribution in [0.3, 0.4) is 0 Å². The predicted molar refractivity (Wildman–Crippen MR) is 62.0 cm³/mol. The van der Waals surface area contributed by atoms with Crippen LogP contribution >= 0.6 is 0 Å². The number of carbonyl (C=O) groups is 1. The van der Waals surface area contributed by atoms with Gasteiger partial charge in [0.2, 0.25) is 6.29 Å². The highest BCUT2D eigenvalue weighted by atomic mass is 16.1. The monoisotopic (exact) mass is 213 g/mol. The number of hydrogen-bond acceptors (Lipinski definition) is 1. The van der Waals surface area contributed by atoms with E-state index in [4.69, 9.17) is 0 Å². The normalized spacial score (nSPS) is 10.0. The average Bonchev–Trinajstić information content (AvgIpc) is 2.72. The highest BCUT2D eigenvalue weighted by molar-refractivity contribution is 5.67. The molecular weight excluding hydrogens is 200 g/mol. The van der Waals surface area contributed by atoms with Gasteiger partial charge in [-0.3, -0.25) is 4.79 Å². The van der Waals surface area contributed by atoms with E-state index in [1.165, 1.54) is 0 Å². The molecule has 0 aliphatic heterocycles. The van der Waals surface area contributed by atoms with Gasteiger partial charge in [-0.25, -0.2) is 9.55 Å². The van der Waals surface area contributed by atoms with Gasteiger partial charge in [-0.1, -0.05) is 36.9 Å². The van der Waals surface area contributed by atoms with E-state index in [0.29, 0.717) is 12.4 Å². The average molecular weight is 213 g/mol. The fraction of sp³-hybridized carbons (Fsp3) is 0.0769. The zero-order chi connectivity index (χ0) is 11.4. The van der Waals surface area contributed by atoms with Crippen LogP contribution < -0.4 is 4.57 Å². The minimum absolute atomic E-state index is 0.554. The van der Waals surface area contributed by atoms with Gasteiger partial charge in [-0.2, -0.15) is 0 Å². The van der Waals surface area contributed by atoms with Crippen molar-refractivity contribution in [2.45, 2.75) is 6.54 Å². The standard InChI is InChI=1S/C13H12N2O/c1-2-12-8-14-13(10-16)15(12)9-11-6-4-3-5-7-11/h2-8,10H,1,9H2/p+1. The van der Waals surface area contributed by atoms with E-state index in [0.717, 1.165) is 17.5 Å². The molecule has 0 saturated heterocycles. The van der Waals surface area contributed by atoms with Crippen molar-refractivity contribution in [1.82, 2.24) is 4.98 Å². The minimum atomic E-state index is 0.554. The minimum Gasteiger partial charge on any atom is -0.289 e. The molecule has 0 atom stereocenters. The van der Waals surface area contributed by atoms with E-state index in [1.54, 1.807) is 12.3 Å². The van der Waals surface area contributed by atoms with Crippen LogP contribution in [0.15, 0.2) is 43.1 Å². The topological polar surface area (TPSA) is 36.7 Å². The number of benzene rings is 1. The lowest BCUT2D eigenvalue weighted by Gasteiger charge is -2.00. The SMILES string of the molecule is C=Cc1c[nH]c(C=O)[n+]1Cc1ccccc1. The third kappa shape index (κ3) is 1.93. The zero-order valence-electron chi connectivity index (χ0n) is 8.89. The summed E-state index contributed by atoms with van der Waals surface area (Å²) in [5.74, 6) is 0.554. The third-order valence-electron chi connectivity index (χ3n) is 2.47. The lowest BCUT2D eigenvalue weighted by atomic mass is 10.2. The van der Waals surface area contributed by atoms with Crippen LogP contribution in [0.2, 0.25) is 0 Å². The van der Waals surface area contributed by atoms with Crippen LogP contribution in [0.5, 0.6) is 0 Å². The van der Waals surface area contributed by atoms with Crippen molar-refractivity contribution < 1.29 is 9.36 Å². The molecule has 1 N–H and O–H groups in total. The first-order valence-corrected chi connectivity index (χ1v) is 5.08. The molecule has 2 rings (SSSR count). The van der Waals surface area contributed by atoms with Crippen LogP contribution in [-0.4, -0.2) is 11.3 Å². The van der Waals surface area contributed by atoms with Crippen molar-refractivity contribution >= 4 is 12.4 Å². The summed E-state index contributed by atoms with van der Waals surface area (Å²) in [5.41, 5.74) is 2.06. The van der Waals surface area contributed by atoms with E-state index in [-0.39, 0.29) is 0 Å². The van der Waals surface area contributed by atoms with Crippen molar-refractivity contribution in [2.75, 3.05) is 0 Å². The fourth-order valence-corrected chi connectivity index (χ4v) is 1.65. The molecule has 0 spiro atoms. The molecule has 0 bridgehead atoms. The number of aldehydes is 1. The number of rotatable bonds is 4. The molecule has 3 nitrogen and oxygen atoms in total. The van der Waals surface area contributed by atoms with E-state index >= 15 is 0 Å². The Bertz CT molecular complexity index is 474. The Kier molecular flexibility index (Phi) is 2.96. The molecule has 16 heavy (non-hydrogen) atoms. The van der Waals surface area contributed by atoms with Gasteiger partial charge < -0.3 is 0 Å². The second kappa shape index (κ2) is 4.57. The molecule has 0 fully saturated rings. The van der Waals surface area contributed by atoms with Crippen molar-refractivity contribution in [1.29, 1.82) is 0 Å². The summed E-state index contributed by atoms with van der Waals surface area (Å²) in [6.45, 7) is 4.39. The smallest absolute Gasteiger partial charge is 0.289 e. The molecule has 0 radical (unpaired) electrons. The van der Waals surface area contributed by atoms with Crippen LogP contribution in [0.4, 0.5) is 0 Å². The molecule has 0 amide bonds. The molecule has 1 heterocycles. The number of hydrogen-bond donors (Lipinski definition) is 1. The maximum Gasteiger partial charge on any atom is 0.320 e. The number of nitrogens with zero attached hydrogens (tertiary/aromatic N) is 1. The molecular formula is C13H13N2O+. The van der Waals surface area contributed by atoms with Gasteiger partial charge in [-0.05, 0) is 11.6 Å². The lowest BCUT2D eigenvalue weighted by molar-refractivity contribution is -0.689. The number of aromatic amines is 1. The Hall–Kier alpha value is -2.16.